The van der Waals surface area contributed by atoms with Crippen molar-refractivity contribution in [3.8, 4) is 16.9 Å². The summed E-state index contributed by atoms with van der Waals surface area (Å²) in [5.41, 5.74) is 2.60. The van der Waals surface area contributed by atoms with Gasteiger partial charge in [-0.2, -0.15) is 18.3 Å². The van der Waals surface area contributed by atoms with Crippen LogP contribution in [0.1, 0.15) is 11.1 Å². The summed E-state index contributed by atoms with van der Waals surface area (Å²) in [6.07, 6.45) is -1.58. The highest BCUT2D eigenvalue weighted by Crippen LogP contribution is 2.39. The van der Waals surface area contributed by atoms with E-state index in [0.29, 0.717) is 5.69 Å². The van der Waals surface area contributed by atoms with Gasteiger partial charge in [-0.05, 0) is 36.9 Å². The van der Waals surface area contributed by atoms with Crippen LogP contribution in [0, 0.1) is 0 Å². The molecule has 26 heavy (non-hydrogen) atoms. The second kappa shape index (κ2) is 6.39. The molecule has 0 saturated heterocycles. The summed E-state index contributed by atoms with van der Waals surface area (Å²) in [7, 11) is 0. The minimum atomic E-state index is -4.38. The molecule has 2 aromatic carbocycles. The van der Waals surface area contributed by atoms with Gasteiger partial charge < -0.3 is 5.32 Å². The van der Waals surface area contributed by atoms with Crippen molar-refractivity contribution >= 4 is 17.6 Å². The van der Waals surface area contributed by atoms with Crippen LogP contribution in [0.2, 0.25) is 0 Å². The molecular formula is C19H16F3N3S. The summed E-state index contributed by atoms with van der Waals surface area (Å²) in [4.78, 5) is 1.09. The van der Waals surface area contributed by atoms with E-state index in [1.54, 1.807) is 22.5 Å². The molecule has 0 radical (unpaired) electrons. The first-order valence-electron chi connectivity index (χ1n) is 8.16. The Morgan fingerprint density at radius 2 is 1.92 bits per heavy atom. The number of hydrogen-bond donors (Lipinski definition) is 1. The van der Waals surface area contributed by atoms with Crippen LogP contribution < -0.4 is 5.32 Å². The quantitative estimate of drug-likeness (QED) is 0.634. The maximum Gasteiger partial charge on any atom is 0.416 e. The van der Waals surface area contributed by atoms with Crippen LogP contribution in [0.4, 0.5) is 19.0 Å². The highest BCUT2D eigenvalue weighted by molar-refractivity contribution is 7.98. The van der Waals surface area contributed by atoms with Crippen molar-refractivity contribution in [1.82, 2.24) is 9.78 Å². The number of fused-ring (bicyclic) bond motifs is 1. The number of alkyl halides is 3. The summed E-state index contributed by atoms with van der Waals surface area (Å²) in [5.74, 6) is 0.773. The number of benzene rings is 2. The number of nitrogens with one attached hydrogen (secondary N) is 1. The molecule has 0 bridgehead atoms. The van der Waals surface area contributed by atoms with Gasteiger partial charge >= 0.3 is 6.18 Å². The number of halogens is 3. The molecule has 4 rings (SSSR count). The Kier molecular flexibility index (Phi) is 4.19. The van der Waals surface area contributed by atoms with Gasteiger partial charge in [0.2, 0.25) is 0 Å². The summed E-state index contributed by atoms with van der Waals surface area (Å²) < 4.78 is 40.8. The third-order valence-corrected chi connectivity index (χ3v) is 5.23. The minimum absolute atomic E-state index is 0.401. The molecule has 0 saturated carbocycles. The Morgan fingerprint density at radius 1 is 1.12 bits per heavy atom. The fourth-order valence-electron chi connectivity index (χ4n) is 3.23. The number of anilines is 1. The maximum atomic E-state index is 13.1. The average Bonchev–Trinajstić information content (AvgIpc) is 3.23. The van der Waals surface area contributed by atoms with Crippen LogP contribution in [0.3, 0.4) is 0 Å². The van der Waals surface area contributed by atoms with Crippen molar-refractivity contribution in [2.45, 2.75) is 17.5 Å². The van der Waals surface area contributed by atoms with E-state index in [-0.39, 0.29) is 0 Å². The molecule has 3 nitrogen and oxygen atoms in total. The van der Waals surface area contributed by atoms with Crippen LogP contribution in [-0.2, 0) is 12.6 Å². The Morgan fingerprint density at radius 3 is 2.69 bits per heavy atom. The van der Waals surface area contributed by atoms with Crippen molar-refractivity contribution < 1.29 is 13.2 Å². The second-order valence-electron chi connectivity index (χ2n) is 6.01. The van der Waals surface area contributed by atoms with Gasteiger partial charge in [-0.25, -0.2) is 4.68 Å². The van der Waals surface area contributed by atoms with Gasteiger partial charge in [-0.3, -0.25) is 0 Å². The molecular weight excluding hydrogens is 359 g/mol. The van der Waals surface area contributed by atoms with Crippen LogP contribution >= 0.6 is 11.8 Å². The van der Waals surface area contributed by atoms with E-state index >= 15 is 0 Å². The van der Waals surface area contributed by atoms with Gasteiger partial charge in [0.15, 0.2) is 0 Å². The van der Waals surface area contributed by atoms with Gasteiger partial charge in [0.25, 0.3) is 0 Å². The molecule has 0 amide bonds. The third-order valence-electron chi connectivity index (χ3n) is 4.43. The monoisotopic (exact) mass is 375 g/mol. The highest BCUT2D eigenvalue weighted by Gasteiger charge is 2.31. The van der Waals surface area contributed by atoms with Crippen molar-refractivity contribution in [3.63, 3.8) is 0 Å². The zero-order chi connectivity index (χ0) is 18.3. The smallest absolute Gasteiger partial charge is 0.369 e. The first-order valence-corrected chi connectivity index (χ1v) is 9.38. The predicted molar refractivity (Wildman–Crippen MR) is 98.0 cm³/mol. The lowest BCUT2D eigenvalue weighted by Gasteiger charge is -2.10. The van der Waals surface area contributed by atoms with Crippen molar-refractivity contribution in [3.05, 3.63) is 59.7 Å². The molecule has 7 heteroatoms. The molecule has 0 fully saturated rings. The molecule has 0 aliphatic carbocycles. The second-order valence-corrected chi connectivity index (χ2v) is 6.86. The summed E-state index contributed by atoms with van der Waals surface area (Å²) >= 11 is 1.63. The lowest BCUT2D eigenvalue weighted by atomic mass is 10.1. The van der Waals surface area contributed by atoms with E-state index in [4.69, 9.17) is 0 Å². The van der Waals surface area contributed by atoms with Crippen molar-refractivity contribution in [2.75, 3.05) is 18.1 Å². The molecule has 1 aromatic heterocycles. The highest BCUT2D eigenvalue weighted by atomic mass is 32.2. The van der Waals surface area contributed by atoms with Crippen LogP contribution in [-0.4, -0.2) is 22.6 Å². The number of rotatable bonds is 3. The van der Waals surface area contributed by atoms with Gasteiger partial charge in [0, 0.05) is 22.6 Å². The lowest BCUT2D eigenvalue weighted by Crippen LogP contribution is -2.08. The van der Waals surface area contributed by atoms with E-state index in [2.05, 4.69) is 10.4 Å². The van der Waals surface area contributed by atoms with Crippen molar-refractivity contribution in [1.29, 1.82) is 0 Å². The van der Waals surface area contributed by atoms with Crippen molar-refractivity contribution in [2.24, 2.45) is 0 Å². The molecule has 0 atom stereocenters. The number of thioether (sulfide) groups is 1. The van der Waals surface area contributed by atoms with E-state index in [1.165, 1.54) is 6.07 Å². The summed E-state index contributed by atoms with van der Waals surface area (Å²) in [6.45, 7) is 0.751. The number of aromatic nitrogens is 2. The Labute approximate surface area is 153 Å². The SMILES string of the molecule is CSc1ccccc1-c1nn(-c2cccc(C(F)(F)F)c2)c2c1CCN2. The molecule has 3 aromatic rings. The molecule has 1 aliphatic rings. The predicted octanol–water partition coefficient (Wildman–Crippen LogP) is 5.25. The largest absolute Gasteiger partial charge is 0.416 e. The zero-order valence-corrected chi connectivity index (χ0v) is 14.8. The topological polar surface area (TPSA) is 29.9 Å². The van der Waals surface area contributed by atoms with Gasteiger partial charge in [-0.1, -0.05) is 24.3 Å². The van der Waals surface area contributed by atoms with Gasteiger partial charge in [0.05, 0.1) is 16.9 Å². The first kappa shape index (κ1) is 17.0. The molecule has 0 spiro atoms. The fraction of sp³-hybridized carbons (Fsp3) is 0.211. The van der Waals surface area contributed by atoms with Crippen LogP contribution in [0.5, 0.6) is 0 Å². The van der Waals surface area contributed by atoms with E-state index in [0.717, 1.165) is 52.6 Å². The zero-order valence-electron chi connectivity index (χ0n) is 14.0. The van der Waals surface area contributed by atoms with Crippen LogP contribution in [0.25, 0.3) is 16.9 Å². The molecule has 0 unspecified atom stereocenters. The maximum absolute atomic E-state index is 13.1. The molecule has 2 heterocycles. The van der Waals surface area contributed by atoms with E-state index < -0.39 is 11.7 Å². The summed E-state index contributed by atoms with van der Waals surface area (Å²) in [6, 6.07) is 13.2. The van der Waals surface area contributed by atoms with Gasteiger partial charge in [-0.15, -0.1) is 11.8 Å². The Bertz CT molecular complexity index is 963. The molecule has 134 valence electrons. The molecule has 1 N–H and O–H groups in total. The third kappa shape index (κ3) is 2.86. The Balaban J connectivity index is 1.88. The fourth-order valence-corrected chi connectivity index (χ4v) is 3.83. The normalized spacial score (nSPS) is 13.5. The van der Waals surface area contributed by atoms with Crippen LogP contribution in [0.15, 0.2) is 53.4 Å². The Hall–Kier alpha value is -2.41. The average molecular weight is 375 g/mol. The summed E-state index contributed by atoms with van der Waals surface area (Å²) in [5, 5.41) is 7.94. The lowest BCUT2D eigenvalue weighted by molar-refractivity contribution is -0.137. The van der Waals surface area contributed by atoms with E-state index in [1.807, 2.05) is 30.5 Å². The van der Waals surface area contributed by atoms with Gasteiger partial charge in [0.1, 0.15) is 5.82 Å². The number of hydrogen-bond acceptors (Lipinski definition) is 3. The molecule has 1 aliphatic heterocycles. The minimum Gasteiger partial charge on any atom is -0.369 e. The first-order chi connectivity index (χ1) is 12.5. The van der Waals surface area contributed by atoms with E-state index in [9.17, 15) is 13.2 Å². The number of nitrogens with zero attached hydrogens (tertiary/aromatic N) is 2. The standard InChI is InChI=1S/C19H16F3N3S/c1-26-16-8-3-2-7-14(16)17-15-9-10-23-18(15)25(24-17)13-6-4-5-12(11-13)19(20,21)22/h2-8,11,23H,9-10H2,1H3.